The summed E-state index contributed by atoms with van der Waals surface area (Å²) < 4.78 is 0. The lowest BCUT2D eigenvalue weighted by atomic mass is 9.47. The highest BCUT2D eigenvalue weighted by Crippen LogP contribution is 2.67. The van der Waals surface area contributed by atoms with Gasteiger partial charge in [-0.25, -0.2) is 0 Å². The quantitative estimate of drug-likeness (QED) is 0.495. The summed E-state index contributed by atoms with van der Waals surface area (Å²) in [6.07, 6.45) is 12.9. The second-order valence-corrected chi connectivity index (χ2v) is 12.8. The van der Waals surface area contributed by atoms with Crippen LogP contribution in [-0.4, -0.2) is 22.4 Å². The SMILES string of the molecule is CC(C)[C@H](C)C[C@H](O)[C@@H](C)[C@H]1CCC2[C@@H]3CC=C4C[C@@H](O)CC[C@]4(C)[C@H]3CC[C@@]21C. The first-order chi connectivity index (χ1) is 14.1. The van der Waals surface area contributed by atoms with Crippen LogP contribution in [0.5, 0.6) is 0 Å². The molecule has 0 spiro atoms. The third-order valence-electron chi connectivity index (χ3n) is 11.1. The fourth-order valence-electron chi connectivity index (χ4n) is 8.68. The van der Waals surface area contributed by atoms with Gasteiger partial charge in [0.15, 0.2) is 0 Å². The summed E-state index contributed by atoms with van der Waals surface area (Å²) in [5.41, 5.74) is 2.31. The molecule has 30 heavy (non-hydrogen) atoms. The van der Waals surface area contributed by atoms with E-state index in [1.54, 1.807) is 5.57 Å². The van der Waals surface area contributed by atoms with Gasteiger partial charge < -0.3 is 10.2 Å². The van der Waals surface area contributed by atoms with Gasteiger partial charge in [0, 0.05) is 0 Å². The summed E-state index contributed by atoms with van der Waals surface area (Å²) in [4.78, 5) is 0. The van der Waals surface area contributed by atoms with E-state index in [0.717, 1.165) is 37.0 Å². The number of hydrogen-bond donors (Lipinski definition) is 2. The van der Waals surface area contributed by atoms with E-state index in [1.165, 1.54) is 38.5 Å². The molecule has 0 aliphatic heterocycles. The van der Waals surface area contributed by atoms with Crippen molar-refractivity contribution in [1.29, 1.82) is 0 Å². The molecule has 2 heteroatoms. The van der Waals surface area contributed by atoms with Gasteiger partial charge in [-0.1, -0.05) is 53.2 Å². The maximum absolute atomic E-state index is 11.1. The maximum atomic E-state index is 11.1. The van der Waals surface area contributed by atoms with Crippen molar-refractivity contribution in [2.24, 2.45) is 52.3 Å². The van der Waals surface area contributed by atoms with Crippen LogP contribution < -0.4 is 0 Å². The molecule has 0 aromatic rings. The van der Waals surface area contributed by atoms with E-state index in [9.17, 15) is 10.2 Å². The fourth-order valence-corrected chi connectivity index (χ4v) is 8.68. The first-order valence-corrected chi connectivity index (χ1v) is 13.1. The lowest BCUT2D eigenvalue weighted by Crippen LogP contribution is -2.51. The van der Waals surface area contributed by atoms with Crippen LogP contribution in [0.4, 0.5) is 0 Å². The van der Waals surface area contributed by atoms with E-state index in [-0.39, 0.29) is 12.2 Å². The minimum atomic E-state index is -0.157. The Hall–Kier alpha value is -0.340. The summed E-state index contributed by atoms with van der Waals surface area (Å²) in [5, 5.41) is 21.4. The number of aliphatic hydroxyl groups excluding tert-OH is 2. The number of fused-ring (bicyclic) bond motifs is 5. The second-order valence-electron chi connectivity index (χ2n) is 12.8. The maximum Gasteiger partial charge on any atom is 0.0577 e. The van der Waals surface area contributed by atoms with Crippen LogP contribution in [0.3, 0.4) is 0 Å². The third kappa shape index (κ3) is 3.62. The molecule has 2 N–H and O–H groups in total. The first kappa shape index (κ1) is 22.8. The minimum Gasteiger partial charge on any atom is -0.393 e. The Labute approximate surface area is 185 Å². The highest BCUT2D eigenvalue weighted by molar-refractivity contribution is 5.25. The van der Waals surface area contributed by atoms with Crippen molar-refractivity contribution in [2.75, 3.05) is 0 Å². The standard InChI is InChI=1S/C28H48O2/c1-17(2)18(3)15-26(30)19(4)23-9-10-24-22-8-7-20-16-21(29)11-13-27(20,5)25(22)12-14-28(23,24)6/h7,17-19,21-26,29-30H,8-16H2,1-6H3/t18-,19+,21+,22+,23-,24?,25+,26+,27+,28-/m1/s1. The van der Waals surface area contributed by atoms with Crippen LogP contribution in [0.2, 0.25) is 0 Å². The first-order valence-electron chi connectivity index (χ1n) is 13.1. The zero-order chi connectivity index (χ0) is 21.8. The average Bonchev–Trinajstić information content (AvgIpc) is 3.04. The molecule has 3 fully saturated rings. The molecule has 0 aromatic heterocycles. The molecule has 3 saturated carbocycles. The summed E-state index contributed by atoms with van der Waals surface area (Å²) in [6.45, 7) is 14.3. The normalized spacial score (nSPS) is 46.4. The molecule has 172 valence electrons. The van der Waals surface area contributed by atoms with Crippen molar-refractivity contribution in [3.05, 3.63) is 11.6 Å². The highest BCUT2D eigenvalue weighted by Gasteiger charge is 2.59. The third-order valence-corrected chi connectivity index (χ3v) is 11.1. The summed E-state index contributed by atoms with van der Waals surface area (Å²) >= 11 is 0. The number of hydrogen-bond acceptors (Lipinski definition) is 2. The van der Waals surface area contributed by atoms with Crippen LogP contribution >= 0.6 is 0 Å². The number of rotatable bonds is 5. The molecular weight excluding hydrogens is 368 g/mol. The lowest BCUT2D eigenvalue weighted by molar-refractivity contribution is -0.0693. The van der Waals surface area contributed by atoms with Crippen molar-refractivity contribution >= 4 is 0 Å². The predicted molar refractivity (Wildman–Crippen MR) is 125 cm³/mol. The monoisotopic (exact) mass is 416 g/mol. The van der Waals surface area contributed by atoms with E-state index in [4.69, 9.17) is 0 Å². The van der Waals surface area contributed by atoms with Crippen LogP contribution in [0, 0.1) is 52.3 Å². The molecule has 4 rings (SSSR count). The van der Waals surface area contributed by atoms with Crippen molar-refractivity contribution < 1.29 is 10.2 Å². The van der Waals surface area contributed by atoms with Gasteiger partial charge in [0.25, 0.3) is 0 Å². The van der Waals surface area contributed by atoms with Crippen LogP contribution in [0.15, 0.2) is 11.6 Å². The van der Waals surface area contributed by atoms with E-state index >= 15 is 0 Å². The van der Waals surface area contributed by atoms with Gasteiger partial charge in [-0.3, -0.25) is 0 Å². The molecule has 4 aliphatic carbocycles. The number of allylic oxidation sites excluding steroid dienone is 1. The molecular formula is C28H48O2. The van der Waals surface area contributed by atoms with Gasteiger partial charge in [0.1, 0.15) is 0 Å². The Kier molecular flexibility index (Phi) is 6.26. The van der Waals surface area contributed by atoms with Crippen molar-refractivity contribution in [2.45, 2.75) is 112 Å². The zero-order valence-electron chi connectivity index (χ0n) is 20.5. The Balaban J connectivity index is 1.51. The minimum absolute atomic E-state index is 0.110. The fraction of sp³-hybridized carbons (Fsp3) is 0.929. The van der Waals surface area contributed by atoms with Crippen molar-refractivity contribution in [3.8, 4) is 0 Å². The van der Waals surface area contributed by atoms with Crippen LogP contribution in [0.25, 0.3) is 0 Å². The molecule has 10 atom stereocenters. The molecule has 0 bridgehead atoms. The molecule has 0 radical (unpaired) electrons. The molecule has 1 unspecified atom stereocenters. The number of aliphatic hydroxyl groups is 2. The van der Waals surface area contributed by atoms with Crippen LogP contribution in [-0.2, 0) is 0 Å². The van der Waals surface area contributed by atoms with Gasteiger partial charge in [-0.2, -0.15) is 0 Å². The molecule has 2 nitrogen and oxygen atoms in total. The van der Waals surface area contributed by atoms with Crippen molar-refractivity contribution in [1.82, 2.24) is 0 Å². The summed E-state index contributed by atoms with van der Waals surface area (Å²) in [6, 6.07) is 0. The Morgan fingerprint density at radius 3 is 2.43 bits per heavy atom. The Morgan fingerprint density at radius 1 is 1.00 bits per heavy atom. The molecule has 0 heterocycles. The van der Waals surface area contributed by atoms with Crippen LogP contribution in [0.1, 0.15) is 99.3 Å². The topological polar surface area (TPSA) is 40.5 Å². The van der Waals surface area contributed by atoms with Gasteiger partial charge in [-0.05, 0) is 110 Å². The second kappa shape index (κ2) is 8.22. The lowest BCUT2D eigenvalue weighted by Gasteiger charge is -2.58. The van der Waals surface area contributed by atoms with Gasteiger partial charge in [0.05, 0.1) is 12.2 Å². The largest absolute Gasteiger partial charge is 0.393 e. The van der Waals surface area contributed by atoms with Gasteiger partial charge in [-0.15, -0.1) is 0 Å². The highest BCUT2D eigenvalue weighted by atomic mass is 16.3. The molecule has 0 saturated heterocycles. The predicted octanol–water partition coefficient (Wildman–Crippen LogP) is 6.61. The zero-order valence-corrected chi connectivity index (χ0v) is 20.5. The molecule has 4 aliphatic rings. The molecule has 0 amide bonds. The van der Waals surface area contributed by atoms with Gasteiger partial charge >= 0.3 is 0 Å². The average molecular weight is 417 g/mol. The van der Waals surface area contributed by atoms with E-state index in [0.29, 0.717) is 34.5 Å². The Bertz CT molecular complexity index is 653. The summed E-state index contributed by atoms with van der Waals surface area (Å²) in [7, 11) is 0. The van der Waals surface area contributed by atoms with E-state index < -0.39 is 0 Å². The van der Waals surface area contributed by atoms with Gasteiger partial charge in [0.2, 0.25) is 0 Å². The van der Waals surface area contributed by atoms with E-state index in [1.807, 2.05) is 0 Å². The van der Waals surface area contributed by atoms with Crippen molar-refractivity contribution in [3.63, 3.8) is 0 Å². The smallest absolute Gasteiger partial charge is 0.0577 e. The summed E-state index contributed by atoms with van der Waals surface area (Å²) in [5.74, 6) is 4.76. The van der Waals surface area contributed by atoms with E-state index in [2.05, 4.69) is 47.6 Å². The Morgan fingerprint density at radius 2 is 1.73 bits per heavy atom. The molecule has 0 aromatic carbocycles.